The molecule has 0 fully saturated rings. The molecule has 0 atom stereocenters. The minimum Gasteiger partial charge on any atom is -0.421 e. The van der Waals surface area contributed by atoms with Crippen molar-refractivity contribution in [2.45, 2.75) is 0 Å². The van der Waals surface area contributed by atoms with E-state index >= 15 is 0 Å². The summed E-state index contributed by atoms with van der Waals surface area (Å²) < 4.78 is 8.65. The lowest BCUT2D eigenvalue weighted by Gasteiger charge is -2.10. The van der Waals surface area contributed by atoms with Gasteiger partial charge in [-0.1, -0.05) is 54.6 Å². The van der Waals surface area contributed by atoms with E-state index in [1.54, 1.807) is 30.3 Å². The highest BCUT2D eigenvalue weighted by Crippen LogP contribution is 2.23. The molecule has 5 rings (SSSR count). The Bertz CT molecular complexity index is 1390. The van der Waals surface area contributed by atoms with Crippen LogP contribution in [0.1, 0.15) is 0 Å². The maximum atomic E-state index is 13.4. The lowest BCUT2D eigenvalue weighted by atomic mass is 10.1. The Kier molecular flexibility index (Phi) is 3.66. The maximum Gasteiger partial charge on any atom is 0.514 e. The van der Waals surface area contributed by atoms with Crippen molar-refractivity contribution >= 4 is 11.0 Å². The van der Waals surface area contributed by atoms with Gasteiger partial charge in [-0.3, -0.25) is 0 Å². The summed E-state index contributed by atoms with van der Waals surface area (Å²) >= 11 is 0. The van der Waals surface area contributed by atoms with Crippen LogP contribution in [0, 0.1) is 0 Å². The smallest absolute Gasteiger partial charge is 0.421 e. The molecular weight excluding hydrogens is 352 g/mol. The van der Waals surface area contributed by atoms with Crippen molar-refractivity contribution in [3.63, 3.8) is 0 Å². The van der Waals surface area contributed by atoms with E-state index in [2.05, 4.69) is 0 Å². The zero-order valence-corrected chi connectivity index (χ0v) is 14.8. The summed E-state index contributed by atoms with van der Waals surface area (Å²) in [6.07, 6.45) is 0. The third-order valence-corrected chi connectivity index (χ3v) is 4.70. The van der Waals surface area contributed by atoms with Crippen molar-refractivity contribution < 1.29 is 8.98 Å². The van der Waals surface area contributed by atoms with Crippen molar-refractivity contribution in [3.8, 4) is 22.8 Å². The van der Waals surface area contributed by atoms with E-state index in [4.69, 9.17) is 4.42 Å². The number of hydrogen-bond donors (Lipinski definition) is 0. The summed E-state index contributed by atoms with van der Waals surface area (Å²) in [5.74, 6) is 0.229. The van der Waals surface area contributed by atoms with Gasteiger partial charge >= 0.3 is 17.1 Å². The second-order valence-corrected chi connectivity index (χ2v) is 6.43. The highest BCUT2D eigenvalue weighted by atomic mass is 16.3. The highest BCUT2D eigenvalue weighted by molar-refractivity contribution is 5.81. The molecule has 0 amide bonds. The van der Waals surface area contributed by atoms with Crippen molar-refractivity contribution in [1.82, 2.24) is 4.57 Å². The average molecular weight is 367 g/mol. The first-order chi connectivity index (χ1) is 13.7. The van der Waals surface area contributed by atoms with Crippen molar-refractivity contribution in [2.24, 2.45) is 0 Å². The Labute approximate surface area is 159 Å². The molecule has 3 aromatic rings. The number of rotatable bonds is 2. The van der Waals surface area contributed by atoms with E-state index in [1.165, 1.54) is 9.13 Å². The predicted molar refractivity (Wildman–Crippen MR) is 106 cm³/mol. The fourth-order valence-corrected chi connectivity index (χ4v) is 3.39. The van der Waals surface area contributed by atoms with Gasteiger partial charge in [-0.15, -0.1) is 9.13 Å². The molecule has 5 heteroatoms. The van der Waals surface area contributed by atoms with Crippen LogP contribution in [0.25, 0.3) is 33.8 Å². The van der Waals surface area contributed by atoms with Gasteiger partial charge in [0, 0.05) is 5.39 Å². The largest absolute Gasteiger partial charge is 0.514 e. The number of fused-ring (bicyclic) bond motifs is 2. The molecule has 0 unspecified atom stereocenters. The van der Waals surface area contributed by atoms with Crippen LogP contribution in [0.2, 0.25) is 0 Å². The van der Waals surface area contributed by atoms with Crippen molar-refractivity contribution in [3.05, 3.63) is 112 Å². The summed E-state index contributed by atoms with van der Waals surface area (Å²) in [7, 11) is 0. The molecule has 0 N–H and O–H groups in total. The molecule has 0 saturated carbocycles. The van der Waals surface area contributed by atoms with Crippen molar-refractivity contribution in [2.75, 3.05) is 0 Å². The molecular formula is C23H15N2O3+. The molecule has 2 heterocycles. The Hall–Kier alpha value is -3.99. The molecule has 2 aliphatic heterocycles. The van der Waals surface area contributed by atoms with Crippen LogP contribution in [0.4, 0.5) is 0 Å². The first kappa shape index (κ1) is 16.2. The first-order valence-corrected chi connectivity index (χ1v) is 8.88. The molecule has 0 aliphatic carbocycles. The number of hydrogen-bond acceptors (Lipinski definition) is 3. The SMILES string of the molecule is O=c1c2cc3ccccc3oc-2[n+](-c2ccccc2)c(=O)n1-c1ccccc1. The minimum atomic E-state index is -0.478. The van der Waals surface area contributed by atoms with E-state index in [9.17, 15) is 9.59 Å². The molecule has 5 nitrogen and oxygen atoms in total. The van der Waals surface area contributed by atoms with Gasteiger partial charge in [-0.05, 0) is 36.4 Å². The molecule has 0 aromatic heterocycles. The fraction of sp³-hybridized carbons (Fsp3) is 0. The fourth-order valence-electron chi connectivity index (χ4n) is 3.39. The second-order valence-electron chi connectivity index (χ2n) is 6.43. The summed E-state index contributed by atoms with van der Waals surface area (Å²) in [6.45, 7) is 0. The number of para-hydroxylation sites is 3. The molecule has 28 heavy (non-hydrogen) atoms. The standard InChI is InChI=1S/C23H15N2O3/c26-21-19-15-16-9-7-8-14-20(16)28-22(19)25(18-12-5-2-6-13-18)23(27)24(21)17-10-3-1-4-11-17/h1-15H/q+1. The van der Waals surface area contributed by atoms with E-state index in [0.717, 1.165) is 5.39 Å². The molecule has 134 valence electrons. The lowest BCUT2D eigenvalue weighted by molar-refractivity contribution is -0.614. The van der Waals surface area contributed by atoms with E-state index < -0.39 is 11.2 Å². The van der Waals surface area contributed by atoms with Gasteiger partial charge in [-0.25, -0.2) is 4.79 Å². The van der Waals surface area contributed by atoms with Crippen LogP contribution >= 0.6 is 0 Å². The quantitative estimate of drug-likeness (QED) is 0.355. The zero-order valence-electron chi connectivity index (χ0n) is 14.8. The van der Waals surface area contributed by atoms with Crippen LogP contribution in [0.3, 0.4) is 0 Å². The second kappa shape index (κ2) is 6.32. The van der Waals surface area contributed by atoms with Gasteiger partial charge in [0.2, 0.25) is 0 Å². The first-order valence-electron chi connectivity index (χ1n) is 8.88. The molecule has 0 radical (unpaired) electrons. The molecule has 0 saturated heterocycles. The number of benzene rings is 3. The Morgan fingerprint density at radius 1 is 0.750 bits per heavy atom. The monoisotopic (exact) mass is 367 g/mol. The van der Waals surface area contributed by atoms with Crippen LogP contribution in [0.5, 0.6) is 0 Å². The average Bonchev–Trinajstić information content (AvgIpc) is 2.74. The Morgan fingerprint density at radius 2 is 1.39 bits per heavy atom. The summed E-state index contributed by atoms with van der Waals surface area (Å²) in [6, 6.07) is 27.3. The topological polar surface area (TPSA) is 56.1 Å². The Morgan fingerprint density at radius 3 is 2.14 bits per heavy atom. The van der Waals surface area contributed by atoms with Gasteiger partial charge in [0.05, 0.1) is 0 Å². The normalized spacial score (nSPS) is 11.1. The van der Waals surface area contributed by atoms with Gasteiger partial charge < -0.3 is 4.42 Å². The number of nitrogens with zero attached hydrogens (tertiary/aromatic N) is 2. The van der Waals surface area contributed by atoms with E-state index in [0.29, 0.717) is 22.5 Å². The highest BCUT2D eigenvalue weighted by Gasteiger charge is 2.31. The Balaban J connectivity index is 2.00. The lowest BCUT2D eigenvalue weighted by Crippen LogP contribution is -2.58. The van der Waals surface area contributed by atoms with Gasteiger partial charge in [0.15, 0.2) is 5.56 Å². The van der Waals surface area contributed by atoms with Crippen LogP contribution in [-0.4, -0.2) is 4.57 Å². The minimum absolute atomic E-state index is 0.229. The molecule has 3 aromatic carbocycles. The van der Waals surface area contributed by atoms with Crippen LogP contribution in [-0.2, 0) is 0 Å². The summed E-state index contributed by atoms with van der Waals surface area (Å²) in [5.41, 5.74) is 1.20. The summed E-state index contributed by atoms with van der Waals surface area (Å²) in [4.78, 5) is 26.7. The van der Waals surface area contributed by atoms with E-state index in [1.807, 2.05) is 60.7 Å². The van der Waals surface area contributed by atoms with E-state index in [-0.39, 0.29) is 5.89 Å². The molecule has 2 aliphatic rings. The van der Waals surface area contributed by atoms with Crippen LogP contribution < -0.4 is 15.8 Å². The zero-order chi connectivity index (χ0) is 19.1. The summed E-state index contributed by atoms with van der Waals surface area (Å²) in [5, 5.41) is 0.796. The third kappa shape index (κ3) is 2.45. The maximum absolute atomic E-state index is 13.4. The molecule has 0 bridgehead atoms. The van der Waals surface area contributed by atoms with Gasteiger partial charge in [0.1, 0.15) is 17.0 Å². The molecule has 0 spiro atoms. The van der Waals surface area contributed by atoms with Gasteiger partial charge in [0.25, 0.3) is 0 Å². The van der Waals surface area contributed by atoms with Crippen molar-refractivity contribution in [1.29, 1.82) is 0 Å². The number of aromatic nitrogens is 2. The predicted octanol–water partition coefficient (Wildman–Crippen LogP) is 3.33. The third-order valence-electron chi connectivity index (χ3n) is 4.70. The van der Waals surface area contributed by atoms with Gasteiger partial charge in [-0.2, -0.15) is 4.79 Å². The van der Waals surface area contributed by atoms with Crippen LogP contribution in [0.15, 0.2) is 105 Å².